The van der Waals surface area contributed by atoms with Gasteiger partial charge in [0.2, 0.25) is 11.8 Å². The topological polar surface area (TPSA) is 184 Å². The van der Waals surface area contributed by atoms with Gasteiger partial charge in [-0.3, -0.25) is 23.7 Å². The van der Waals surface area contributed by atoms with Crippen molar-refractivity contribution in [1.82, 2.24) is 10.6 Å². The van der Waals surface area contributed by atoms with Crippen LogP contribution in [0.25, 0.3) is 0 Å². The van der Waals surface area contributed by atoms with E-state index in [4.69, 9.17) is 18.9 Å². The molecule has 0 radical (unpaired) electrons. The lowest BCUT2D eigenvalue weighted by Gasteiger charge is -2.35. The zero-order chi connectivity index (χ0) is 37.7. The number of carbonyl (C=O) groups is 4. The fourth-order valence-electron chi connectivity index (χ4n) is 5.71. The van der Waals surface area contributed by atoms with Crippen molar-refractivity contribution in [3.8, 4) is 0 Å². The van der Waals surface area contributed by atoms with Crippen LogP contribution in [0.15, 0.2) is 0 Å². The lowest BCUT2D eigenvalue weighted by atomic mass is 9.72. The fourth-order valence-corrected chi connectivity index (χ4v) is 6.69. The zero-order valence-electron chi connectivity index (χ0n) is 31.6. The Kier molecular flexibility index (Phi) is 22.9. The first-order chi connectivity index (χ1) is 22.9. The van der Waals surface area contributed by atoms with E-state index >= 15 is 0 Å². The van der Waals surface area contributed by atoms with Gasteiger partial charge in [0, 0.05) is 25.6 Å². The highest BCUT2D eigenvalue weighted by atomic mass is 32.2. The van der Waals surface area contributed by atoms with Gasteiger partial charge < -0.3 is 29.6 Å². The second kappa shape index (κ2) is 24.0. The molecule has 2 amide bonds. The van der Waals surface area contributed by atoms with Crippen LogP contribution >= 0.6 is 0 Å². The van der Waals surface area contributed by atoms with E-state index in [0.717, 1.165) is 38.5 Å². The van der Waals surface area contributed by atoms with Gasteiger partial charge >= 0.3 is 11.9 Å². The van der Waals surface area contributed by atoms with Crippen LogP contribution in [0.1, 0.15) is 120 Å². The molecule has 13 nitrogen and oxygen atoms in total. The molecule has 0 spiro atoms. The van der Waals surface area contributed by atoms with Gasteiger partial charge in [0.1, 0.15) is 13.3 Å². The number of nitrogens with one attached hydrogen (secondary N) is 2. The summed E-state index contributed by atoms with van der Waals surface area (Å²) in [6, 6.07) is 0. The highest BCUT2D eigenvalue weighted by Gasteiger charge is 2.44. The predicted octanol–water partition coefficient (Wildman–Crippen LogP) is 5.06. The molecule has 0 rings (SSSR count). The third-order valence-electron chi connectivity index (χ3n) is 8.69. The third kappa shape index (κ3) is 20.2. The Hall–Kier alpha value is -2.29. The van der Waals surface area contributed by atoms with Crippen LogP contribution < -0.4 is 10.6 Å². The molecule has 0 aliphatic rings. The Labute approximate surface area is 295 Å². The summed E-state index contributed by atoms with van der Waals surface area (Å²) in [6.45, 7) is 15.1. The average molecular weight is 723 g/mol. The normalized spacial score (nSPS) is 15.7. The van der Waals surface area contributed by atoms with Crippen LogP contribution in [0, 0.1) is 29.1 Å². The summed E-state index contributed by atoms with van der Waals surface area (Å²) >= 11 is 0. The molecule has 14 heteroatoms. The number of carbonyl (C=O) groups excluding carboxylic acids is 4. The number of rotatable bonds is 28. The van der Waals surface area contributed by atoms with Crippen molar-refractivity contribution in [2.75, 3.05) is 46.0 Å². The van der Waals surface area contributed by atoms with Gasteiger partial charge in [-0.25, -0.2) is 0 Å². The van der Waals surface area contributed by atoms with Gasteiger partial charge in [0.15, 0.2) is 0 Å². The summed E-state index contributed by atoms with van der Waals surface area (Å²) in [5.41, 5.74) is -2.68. The smallest absolute Gasteiger partial charge is 0.311 e. The Bertz CT molecular complexity index is 1100. The summed E-state index contributed by atoms with van der Waals surface area (Å²) in [5, 5.41) is 5.43. The van der Waals surface area contributed by atoms with Crippen molar-refractivity contribution in [3.63, 3.8) is 0 Å². The molecule has 5 unspecified atom stereocenters. The van der Waals surface area contributed by atoms with Crippen LogP contribution in [-0.4, -0.2) is 88.3 Å². The standard InChI is InChI=1S/C35H66N2O11S/c1-10-14-16-27(12-3)23-48-32(40)29(20-26(5)30(38)36-25-46-17-15-11-2)22-35(8,33(41)47-19-18-45-9)21-28(13-4)31(39)37-34(6,7)24-49(42,43)44/h26-29H,10-25H2,1-9H3,(H,36,38)(H,37,39)(H,42,43,44). The van der Waals surface area contributed by atoms with Crippen molar-refractivity contribution < 1.29 is 51.1 Å². The van der Waals surface area contributed by atoms with Crippen molar-refractivity contribution in [1.29, 1.82) is 0 Å². The van der Waals surface area contributed by atoms with Crippen LogP contribution in [0.3, 0.4) is 0 Å². The van der Waals surface area contributed by atoms with Gasteiger partial charge in [-0.1, -0.05) is 60.3 Å². The fraction of sp³-hybridized carbons (Fsp3) is 0.886. The highest BCUT2D eigenvalue weighted by Crippen LogP contribution is 2.39. The zero-order valence-corrected chi connectivity index (χ0v) is 32.4. The minimum absolute atomic E-state index is 0.0349. The van der Waals surface area contributed by atoms with Crippen LogP contribution in [0.4, 0.5) is 0 Å². The van der Waals surface area contributed by atoms with Crippen molar-refractivity contribution in [2.24, 2.45) is 29.1 Å². The molecule has 0 aromatic carbocycles. The molecular weight excluding hydrogens is 656 g/mol. The molecule has 0 heterocycles. The predicted molar refractivity (Wildman–Crippen MR) is 188 cm³/mol. The largest absolute Gasteiger partial charge is 0.465 e. The summed E-state index contributed by atoms with van der Waals surface area (Å²) in [7, 11) is -2.92. The molecule has 0 aromatic heterocycles. The van der Waals surface area contributed by atoms with E-state index in [1.165, 1.54) is 21.0 Å². The van der Waals surface area contributed by atoms with Gasteiger partial charge in [0.05, 0.1) is 35.8 Å². The molecule has 0 aliphatic carbocycles. The number of hydrogen-bond acceptors (Lipinski definition) is 10. The Morgan fingerprint density at radius 2 is 1.47 bits per heavy atom. The van der Waals surface area contributed by atoms with E-state index in [0.29, 0.717) is 6.61 Å². The number of unbranched alkanes of at least 4 members (excludes halogenated alkanes) is 2. The average Bonchev–Trinajstić information content (AvgIpc) is 3.01. The molecule has 0 aromatic rings. The summed E-state index contributed by atoms with van der Waals surface area (Å²) in [5.74, 6) is -4.81. The minimum Gasteiger partial charge on any atom is -0.465 e. The van der Waals surface area contributed by atoms with Gasteiger partial charge in [-0.2, -0.15) is 8.42 Å². The highest BCUT2D eigenvalue weighted by molar-refractivity contribution is 7.85. The van der Waals surface area contributed by atoms with Gasteiger partial charge in [-0.15, -0.1) is 0 Å². The van der Waals surface area contributed by atoms with Crippen molar-refractivity contribution in [3.05, 3.63) is 0 Å². The monoisotopic (exact) mass is 722 g/mol. The molecule has 288 valence electrons. The summed E-state index contributed by atoms with van der Waals surface area (Å²) in [6.07, 6.45) is 5.86. The third-order valence-corrected chi connectivity index (χ3v) is 9.78. The van der Waals surface area contributed by atoms with Crippen molar-refractivity contribution in [2.45, 2.75) is 125 Å². The second-order valence-electron chi connectivity index (χ2n) is 14.1. The second-order valence-corrected chi connectivity index (χ2v) is 15.6. The number of hydrogen-bond donors (Lipinski definition) is 3. The molecule has 49 heavy (non-hydrogen) atoms. The maximum atomic E-state index is 13.8. The summed E-state index contributed by atoms with van der Waals surface area (Å²) in [4.78, 5) is 54.0. The van der Waals surface area contributed by atoms with Crippen molar-refractivity contribution >= 4 is 33.9 Å². The molecule has 0 aliphatic heterocycles. The van der Waals surface area contributed by atoms with E-state index in [1.54, 1.807) is 20.8 Å². The number of esters is 2. The van der Waals surface area contributed by atoms with Crippen LogP contribution in [0.5, 0.6) is 0 Å². The number of ether oxygens (including phenoxy) is 4. The maximum Gasteiger partial charge on any atom is 0.311 e. The van der Waals surface area contributed by atoms with E-state index in [2.05, 4.69) is 17.6 Å². The summed E-state index contributed by atoms with van der Waals surface area (Å²) < 4.78 is 54.4. The molecule has 5 atom stereocenters. The van der Waals surface area contributed by atoms with E-state index in [1.807, 2.05) is 13.8 Å². The minimum atomic E-state index is -4.39. The Balaban J connectivity index is 6.39. The van der Waals surface area contributed by atoms with Gasteiger partial charge in [-0.05, 0) is 65.2 Å². The number of amides is 2. The first-order valence-corrected chi connectivity index (χ1v) is 19.4. The molecular formula is C35H66N2O11S. The Morgan fingerprint density at radius 1 is 0.837 bits per heavy atom. The Morgan fingerprint density at radius 3 is 2.02 bits per heavy atom. The molecule has 0 saturated heterocycles. The SMILES string of the molecule is CCCCOCNC(=O)C(C)CC(CC(C)(CC(CC)C(=O)NC(C)(C)CS(=O)(=O)O)C(=O)OCCOC)C(=O)OCC(CC)CCCC. The van der Waals surface area contributed by atoms with Crippen LogP contribution in [-0.2, 0) is 48.2 Å². The van der Waals surface area contributed by atoms with Crippen LogP contribution in [0.2, 0.25) is 0 Å². The maximum absolute atomic E-state index is 13.8. The van der Waals surface area contributed by atoms with E-state index in [-0.39, 0.29) is 64.1 Å². The first kappa shape index (κ1) is 46.7. The quantitative estimate of drug-likeness (QED) is 0.0425. The first-order valence-electron chi connectivity index (χ1n) is 17.8. The molecule has 3 N–H and O–H groups in total. The van der Waals surface area contributed by atoms with Gasteiger partial charge in [0.25, 0.3) is 10.1 Å². The molecule has 0 saturated carbocycles. The molecule has 0 bridgehead atoms. The van der Waals surface area contributed by atoms with E-state index in [9.17, 15) is 32.1 Å². The lowest BCUT2D eigenvalue weighted by molar-refractivity contribution is -0.162. The lowest BCUT2D eigenvalue weighted by Crippen LogP contribution is -2.51. The number of methoxy groups -OCH3 is 1. The van der Waals surface area contributed by atoms with E-state index < -0.39 is 62.4 Å². The molecule has 0 fully saturated rings.